The van der Waals surface area contributed by atoms with Crippen molar-refractivity contribution in [1.29, 1.82) is 0 Å². The minimum absolute atomic E-state index is 0.0546. The molecule has 0 unspecified atom stereocenters. The summed E-state index contributed by atoms with van der Waals surface area (Å²) in [7, 11) is 1.51. The minimum Gasteiger partial charge on any atom is -0.507 e. The SMILES string of the molecule is CCOc1ccc2nc(N3C(=O)C(=O)C(=C(O)c4ccc(Cl)cc4)[C@H]3c3ccccc3OC)sc2c1. The maximum absolute atomic E-state index is 13.4. The molecule has 36 heavy (non-hydrogen) atoms. The van der Waals surface area contributed by atoms with Gasteiger partial charge in [0, 0.05) is 16.1 Å². The van der Waals surface area contributed by atoms with Crippen molar-refractivity contribution in [2.45, 2.75) is 13.0 Å². The topological polar surface area (TPSA) is 89.0 Å². The molecule has 1 N–H and O–H groups in total. The average Bonchev–Trinajstić information content (AvgIpc) is 3.42. The summed E-state index contributed by atoms with van der Waals surface area (Å²) in [6.07, 6.45) is 0. The number of rotatable bonds is 6. The van der Waals surface area contributed by atoms with E-state index >= 15 is 0 Å². The van der Waals surface area contributed by atoms with Gasteiger partial charge in [-0.3, -0.25) is 14.5 Å². The second-order valence-electron chi connectivity index (χ2n) is 7.98. The molecule has 1 aromatic heterocycles. The van der Waals surface area contributed by atoms with Crippen molar-refractivity contribution in [3.63, 3.8) is 0 Å². The van der Waals surface area contributed by atoms with E-state index in [0.717, 1.165) is 4.70 Å². The number of ether oxygens (including phenoxy) is 2. The van der Waals surface area contributed by atoms with Crippen LogP contribution in [0.15, 0.2) is 72.3 Å². The first-order valence-corrected chi connectivity index (χ1v) is 12.4. The number of carbonyl (C=O) groups is 2. The molecule has 4 aromatic rings. The highest BCUT2D eigenvalue weighted by Crippen LogP contribution is 2.46. The van der Waals surface area contributed by atoms with Gasteiger partial charge >= 0.3 is 5.91 Å². The van der Waals surface area contributed by atoms with E-state index in [1.807, 2.05) is 25.1 Å². The fourth-order valence-electron chi connectivity index (χ4n) is 4.23. The van der Waals surface area contributed by atoms with Crippen molar-refractivity contribution in [1.82, 2.24) is 4.98 Å². The summed E-state index contributed by atoms with van der Waals surface area (Å²) in [5, 5.41) is 12.1. The van der Waals surface area contributed by atoms with E-state index < -0.39 is 17.7 Å². The Morgan fingerprint density at radius 2 is 1.86 bits per heavy atom. The smallest absolute Gasteiger partial charge is 0.301 e. The number of hydrogen-bond donors (Lipinski definition) is 1. The number of amides is 1. The number of carbonyl (C=O) groups excluding carboxylic acids is 2. The van der Waals surface area contributed by atoms with Gasteiger partial charge < -0.3 is 14.6 Å². The number of para-hydroxylation sites is 1. The van der Waals surface area contributed by atoms with E-state index in [9.17, 15) is 14.7 Å². The lowest BCUT2D eigenvalue weighted by atomic mass is 9.95. The highest BCUT2D eigenvalue weighted by Gasteiger charge is 2.49. The van der Waals surface area contributed by atoms with Gasteiger partial charge in [-0.05, 0) is 55.5 Å². The van der Waals surface area contributed by atoms with Crippen LogP contribution in [0, 0.1) is 0 Å². The molecule has 0 bridgehead atoms. The number of fused-ring (bicyclic) bond motifs is 1. The van der Waals surface area contributed by atoms with Gasteiger partial charge in [-0.2, -0.15) is 0 Å². The van der Waals surface area contributed by atoms with E-state index in [4.69, 9.17) is 21.1 Å². The van der Waals surface area contributed by atoms with Gasteiger partial charge in [-0.15, -0.1) is 0 Å². The summed E-state index contributed by atoms with van der Waals surface area (Å²) in [6, 6.07) is 18.0. The summed E-state index contributed by atoms with van der Waals surface area (Å²) >= 11 is 7.27. The third-order valence-electron chi connectivity index (χ3n) is 5.86. The first kappa shape index (κ1) is 23.8. The van der Waals surface area contributed by atoms with Crippen LogP contribution in [0.25, 0.3) is 16.0 Å². The second-order valence-corrected chi connectivity index (χ2v) is 9.42. The number of nitrogens with zero attached hydrogens (tertiary/aromatic N) is 2. The number of anilines is 1. The van der Waals surface area contributed by atoms with Crippen molar-refractivity contribution in [3.8, 4) is 11.5 Å². The third-order valence-corrected chi connectivity index (χ3v) is 7.13. The normalized spacial score (nSPS) is 17.1. The van der Waals surface area contributed by atoms with Gasteiger partial charge in [-0.25, -0.2) is 4.98 Å². The molecule has 1 fully saturated rings. The Labute approximate surface area is 216 Å². The number of Topliss-reactive ketones (excluding diaryl/α,β-unsaturated/α-hetero) is 1. The molecule has 1 aliphatic rings. The van der Waals surface area contributed by atoms with Crippen LogP contribution in [0.2, 0.25) is 5.02 Å². The van der Waals surface area contributed by atoms with Gasteiger partial charge in [0.15, 0.2) is 5.13 Å². The number of methoxy groups -OCH3 is 1. The molecular weight excluding hydrogens is 500 g/mol. The van der Waals surface area contributed by atoms with Gasteiger partial charge in [0.05, 0.1) is 29.5 Å². The highest BCUT2D eigenvalue weighted by molar-refractivity contribution is 7.22. The number of ketones is 1. The maximum atomic E-state index is 13.4. The van der Waals surface area contributed by atoms with Crippen molar-refractivity contribution in [3.05, 3.63) is 88.5 Å². The van der Waals surface area contributed by atoms with Gasteiger partial charge in [-0.1, -0.05) is 41.1 Å². The molecule has 2 heterocycles. The summed E-state index contributed by atoms with van der Waals surface area (Å²) in [6.45, 7) is 2.42. The highest BCUT2D eigenvalue weighted by atomic mass is 35.5. The molecule has 182 valence electrons. The number of aliphatic hydroxyl groups is 1. The molecule has 0 spiro atoms. The first-order chi connectivity index (χ1) is 17.4. The Bertz CT molecular complexity index is 1510. The Morgan fingerprint density at radius 3 is 2.58 bits per heavy atom. The van der Waals surface area contributed by atoms with Crippen LogP contribution < -0.4 is 14.4 Å². The zero-order chi connectivity index (χ0) is 25.4. The van der Waals surface area contributed by atoms with Crippen molar-refractivity contribution in [2.75, 3.05) is 18.6 Å². The van der Waals surface area contributed by atoms with E-state index in [1.165, 1.54) is 23.3 Å². The van der Waals surface area contributed by atoms with Crippen molar-refractivity contribution >= 4 is 55.7 Å². The van der Waals surface area contributed by atoms with Crippen LogP contribution in [0.4, 0.5) is 5.13 Å². The molecule has 0 aliphatic carbocycles. The summed E-state index contributed by atoms with van der Waals surface area (Å²) in [5.74, 6) is -0.747. The van der Waals surface area contributed by atoms with Crippen LogP contribution in [0.1, 0.15) is 24.1 Å². The molecule has 5 rings (SSSR count). The lowest BCUT2D eigenvalue weighted by Gasteiger charge is -2.24. The van der Waals surface area contributed by atoms with E-state index in [-0.39, 0.29) is 11.3 Å². The molecular formula is C27H21ClN2O5S. The Morgan fingerprint density at radius 1 is 1.11 bits per heavy atom. The zero-order valence-electron chi connectivity index (χ0n) is 19.4. The Kier molecular flexibility index (Phi) is 6.38. The predicted octanol–water partition coefficient (Wildman–Crippen LogP) is 5.98. The fourth-order valence-corrected chi connectivity index (χ4v) is 5.38. The van der Waals surface area contributed by atoms with E-state index in [1.54, 1.807) is 48.5 Å². The lowest BCUT2D eigenvalue weighted by Crippen LogP contribution is -2.29. The number of hydrogen-bond acceptors (Lipinski definition) is 7. The fraction of sp³-hybridized carbons (Fsp3) is 0.148. The van der Waals surface area contributed by atoms with Gasteiger partial charge in [0.25, 0.3) is 5.78 Å². The Hall–Kier alpha value is -3.88. The molecule has 7 nitrogen and oxygen atoms in total. The number of thiazole rings is 1. The summed E-state index contributed by atoms with van der Waals surface area (Å²) in [4.78, 5) is 32.8. The predicted molar refractivity (Wildman–Crippen MR) is 140 cm³/mol. The average molecular weight is 521 g/mol. The first-order valence-electron chi connectivity index (χ1n) is 11.2. The van der Waals surface area contributed by atoms with Gasteiger partial charge in [0.2, 0.25) is 0 Å². The quantitative estimate of drug-likeness (QED) is 0.191. The molecule has 1 atom stereocenters. The van der Waals surface area contributed by atoms with E-state index in [2.05, 4.69) is 4.98 Å². The number of benzene rings is 3. The monoisotopic (exact) mass is 520 g/mol. The maximum Gasteiger partial charge on any atom is 0.301 e. The molecule has 3 aromatic carbocycles. The molecule has 0 saturated carbocycles. The van der Waals surface area contributed by atoms with E-state index in [0.29, 0.717) is 44.9 Å². The molecule has 0 radical (unpaired) electrons. The Balaban J connectivity index is 1.72. The van der Waals surface area contributed by atoms with Crippen LogP contribution in [0.3, 0.4) is 0 Å². The van der Waals surface area contributed by atoms with Crippen LogP contribution in [-0.4, -0.2) is 35.5 Å². The number of halogens is 1. The van der Waals surface area contributed by atoms with Crippen LogP contribution in [-0.2, 0) is 9.59 Å². The van der Waals surface area contributed by atoms with Crippen molar-refractivity contribution in [2.24, 2.45) is 0 Å². The van der Waals surface area contributed by atoms with Crippen LogP contribution in [0.5, 0.6) is 11.5 Å². The second kappa shape index (κ2) is 9.64. The lowest BCUT2D eigenvalue weighted by molar-refractivity contribution is -0.132. The number of aliphatic hydroxyl groups excluding tert-OH is 1. The third kappa shape index (κ3) is 4.08. The van der Waals surface area contributed by atoms with Crippen molar-refractivity contribution < 1.29 is 24.2 Å². The number of aromatic nitrogens is 1. The summed E-state index contributed by atoms with van der Waals surface area (Å²) in [5.41, 5.74) is 1.52. The van der Waals surface area contributed by atoms with Gasteiger partial charge in [0.1, 0.15) is 23.3 Å². The molecule has 9 heteroatoms. The molecule has 1 aliphatic heterocycles. The molecule has 1 saturated heterocycles. The standard InChI is InChI=1S/C27H21ClN2O5S/c1-3-35-17-12-13-19-21(14-17)36-27(29-19)30-23(18-6-4-5-7-20(18)34-2)22(25(32)26(30)33)24(31)15-8-10-16(28)11-9-15/h4-14,23,31H,3H2,1-2H3/t23-/m1/s1. The zero-order valence-corrected chi connectivity index (χ0v) is 21.0. The van der Waals surface area contributed by atoms with Crippen LogP contribution >= 0.6 is 22.9 Å². The minimum atomic E-state index is -0.955. The molecule has 1 amide bonds. The summed E-state index contributed by atoms with van der Waals surface area (Å²) < 4.78 is 12.0. The largest absolute Gasteiger partial charge is 0.507 e.